The third-order valence-corrected chi connectivity index (χ3v) is 8.71. The van der Waals surface area contributed by atoms with Crippen molar-refractivity contribution in [1.82, 2.24) is 19.8 Å². The van der Waals surface area contributed by atoms with Gasteiger partial charge in [-0.05, 0) is 81.7 Å². The number of likely N-dealkylation sites (N-methyl/N-ethyl adjacent to an activating group) is 1. The minimum atomic E-state index is -4.52. The predicted molar refractivity (Wildman–Crippen MR) is 147 cm³/mol. The van der Waals surface area contributed by atoms with Crippen molar-refractivity contribution in [3.05, 3.63) is 71.5 Å². The number of halogens is 3. The molecule has 2 fully saturated rings. The molecule has 1 N–H and O–H groups in total. The zero-order valence-electron chi connectivity index (χ0n) is 22.9. The van der Waals surface area contributed by atoms with Gasteiger partial charge >= 0.3 is 6.18 Å². The Bertz CT molecular complexity index is 1420. The molecule has 1 aliphatic heterocycles. The van der Waals surface area contributed by atoms with Gasteiger partial charge in [0.05, 0.1) is 33.6 Å². The maximum Gasteiger partial charge on any atom is 0.416 e. The Hall–Kier alpha value is -3.84. The van der Waals surface area contributed by atoms with Crippen molar-refractivity contribution < 1.29 is 18.0 Å². The summed E-state index contributed by atoms with van der Waals surface area (Å²) in [6.45, 7) is 1.37. The number of carbonyl (C=O) groups is 1. The summed E-state index contributed by atoms with van der Waals surface area (Å²) in [5.41, 5.74) is 1.28. The molecule has 3 aromatic rings. The lowest BCUT2D eigenvalue weighted by atomic mass is 9.72. The first-order valence-corrected chi connectivity index (χ1v) is 13.4. The molecule has 3 heterocycles. The molecule has 2 aromatic heterocycles. The fourth-order valence-electron chi connectivity index (χ4n) is 5.75. The van der Waals surface area contributed by atoms with E-state index in [2.05, 4.69) is 10.2 Å². The molecule has 0 unspecified atom stereocenters. The van der Waals surface area contributed by atoms with Gasteiger partial charge in [0, 0.05) is 44.6 Å². The highest BCUT2D eigenvalue weighted by atomic mass is 19.4. The molecule has 1 aliphatic carbocycles. The zero-order chi connectivity index (χ0) is 28.7. The van der Waals surface area contributed by atoms with E-state index < -0.39 is 17.2 Å². The van der Waals surface area contributed by atoms with Gasteiger partial charge in [0.15, 0.2) is 0 Å². The molecular weight excluding hydrogens is 517 g/mol. The van der Waals surface area contributed by atoms with Gasteiger partial charge in [-0.25, -0.2) is 0 Å². The van der Waals surface area contributed by atoms with E-state index in [4.69, 9.17) is 4.98 Å². The molecule has 1 amide bonds. The minimum Gasteiger partial charge on any atom is -0.370 e. The van der Waals surface area contributed by atoms with Crippen molar-refractivity contribution in [2.75, 3.05) is 38.6 Å². The molecule has 0 bridgehead atoms. The largest absolute Gasteiger partial charge is 0.416 e. The van der Waals surface area contributed by atoms with E-state index in [0.717, 1.165) is 41.9 Å². The molecule has 10 heteroatoms. The number of piperidine rings is 1. The number of hydrogen-bond acceptors (Lipinski definition) is 5. The number of rotatable bonds is 7. The number of amides is 1. The summed E-state index contributed by atoms with van der Waals surface area (Å²) in [6, 6.07) is 13.0. The first-order valence-electron chi connectivity index (χ1n) is 13.4. The van der Waals surface area contributed by atoms with Crippen LogP contribution in [0.1, 0.15) is 42.4 Å². The number of carbonyl (C=O) groups excluding carboxylic acids is 1. The van der Waals surface area contributed by atoms with Gasteiger partial charge in [-0.15, -0.1) is 0 Å². The summed E-state index contributed by atoms with van der Waals surface area (Å²) in [7, 11) is 6.00. The summed E-state index contributed by atoms with van der Waals surface area (Å²) in [4.78, 5) is 22.7. The number of nitrogens with one attached hydrogen (secondary N) is 1. The van der Waals surface area contributed by atoms with Crippen LogP contribution in [-0.4, -0.2) is 59.6 Å². The van der Waals surface area contributed by atoms with Gasteiger partial charge in [-0.1, -0.05) is 6.07 Å². The standard InChI is InChI=1S/C30H33F3N6O/c1-37(2)28(10-11-28)20-36-27(40)29(23-6-8-24(35-19-23)26-5-4-14-38(26)3)12-15-39(16-13-29)25-9-7-22(30(31,32)33)17-21(25)18-34/h4-9,14,17,19H,10-13,15-16,20H2,1-3H3,(H,36,40). The smallest absolute Gasteiger partial charge is 0.370 e. The van der Waals surface area contributed by atoms with E-state index in [0.29, 0.717) is 38.2 Å². The van der Waals surface area contributed by atoms with Crippen LogP contribution in [0.2, 0.25) is 0 Å². The van der Waals surface area contributed by atoms with Crippen LogP contribution in [-0.2, 0) is 23.4 Å². The third kappa shape index (κ3) is 5.06. The Morgan fingerprint density at radius 3 is 2.38 bits per heavy atom. The SMILES string of the molecule is CN(C)C1(CNC(=O)C2(c3ccc(-c4cccn4C)nc3)CCN(c3ccc(C(F)(F)F)cc3C#N)CC2)CC1. The Labute approximate surface area is 232 Å². The molecule has 1 saturated carbocycles. The van der Waals surface area contributed by atoms with Crippen molar-refractivity contribution >= 4 is 11.6 Å². The molecular formula is C30H33F3N6O. The second kappa shape index (κ2) is 10.3. The van der Waals surface area contributed by atoms with Gasteiger partial charge in [0.25, 0.3) is 0 Å². The average molecular weight is 551 g/mol. The summed E-state index contributed by atoms with van der Waals surface area (Å²) >= 11 is 0. The van der Waals surface area contributed by atoms with E-state index in [1.165, 1.54) is 6.07 Å². The number of hydrogen-bond donors (Lipinski definition) is 1. The fraction of sp³-hybridized carbons (Fsp3) is 0.433. The molecule has 40 heavy (non-hydrogen) atoms. The van der Waals surface area contributed by atoms with E-state index in [1.807, 2.05) is 67.1 Å². The highest BCUT2D eigenvalue weighted by molar-refractivity contribution is 5.89. The van der Waals surface area contributed by atoms with Gasteiger partial charge in [-0.3, -0.25) is 9.78 Å². The maximum absolute atomic E-state index is 13.9. The van der Waals surface area contributed by atoms with Crippen molar-refractivity contribution in [2.24, 2.45) is 7.05 Å². The average Bonchev–Trinajstić information content (AvgIpc) is 3.63. The molecule has 0 atom stereocenters. The van der Waals surface area contributed by atoms with E-state index >= 15 is 0 Å². The first kappa shape index (κ1) is 27.7. The van der Waals surface area contributed by atoms with Crippen LogP contribution in [0.15, 0.2) is 54.9 Å². The Morgan fingerprint density at radius 1 is 1.12 bits per heavy atom. The van der Waals surface area contributed by atoms with Crippen LogP contribution in [0.25, 0.3) is 11.4 Å². The van der Waals surface area contributed by atoms with E-state index in [1.54, 1.807) is 6.20 Å². The molecule has 7 nitrogen and oxygen atoms in total. The number of nitrogens with zero attached hydrogens (tertiary/aromatic N) is 5. The normalized spacial score (nSPS) is 17.9. The number of benzene rings is 1. The highest BCUT2D eigenvalue weighted by Crippen LogP contribution is 2.42. The highest BCUT2D eigenvalue weighted by Gasteiger charge is 2.48. The number of aryl methyl sites for hydroxylation is 1. The van der Waals surface area contributed by atoms with E-state index in [-0.39, 0.29) is 17.0 Å². The number of pyridine rings is 1. The van der Waals surface area contributed by atoms with Crippen LogP contribution >= 0.6 is 0 Å². The van der Waals surface area contributed by atoms with Gasteiger partial charge in [0.1, 0.15) is 6.07 Å². The molecule has 210 valence electrons. The van der Waals surface area contributed by atoms with Crippen molar-refractivity contribution in [3.8, 4) is 17.5 Å². The maximum atomic E-state index is 13.9. The van der Waals surface area contributed by atoms with Crippen LogP contribution in [0, 0.1) is 11.3 Å². The van der Waals surface area contributed by atoms with Gasteiger partial charge < -0.3 is 19.7 Å². The molecule has 1 aromatic carbocycles. The molecule has 5 rings (SSSR count). The Kier molecular flexibility index (Phi) is 7.13. The van der Waals surface area contributed by atoms with Crippen molar-refractivity contribution in [3.63, 3.8) is 0 Å². The molecule has 0 radical (unpaired) electrons. The number of aromatic nitrogens is 2. The number of anilines is 1. The van der Waals surface area contributed by atoms with Crippen LogP contribution in [0.5, 0.6) is 0 Å². The monoisotopic (exact) mass is 550 g/mol. The lowest BCUT2D eigenvalue weighted by Gasteiger charge is -2.42. The minimum absolute atomic E-state index is 0.0197. The topological polar surface area (TPSA) is 77.2 Å². The van der Waals surface area contributed by atoms with E-state index in [9.17, 15) is 23.2 Å². The van der Waals surface area contributed by atoms with Crippen LogP contribution in [0.4, 0.5) is 18.9 Å². The summed E-state index contributed by atoms with van der Waals surface area (Å²) in [5, 5.41) is 12.8. The quantitative estimate of drug-likeness (QED) is 0.461. The predicted octanol–water partition coefficient (Wildman–Crippen LogP) is 4.73. The van der Waals surface area contributed by atoms with Crippen LogP contribution in [0.3, 0.4) is 0 Å². The third-order valence-electron chi connectivity index (χ3n) is 8.71. The second-order valence-corrected chi connectivity index (χ2v) is 11.1. The summed E-state index contributed by atoms with van der Waals surface area (Å²) < 4.78 is 41.7. The lowest BCUT2D eigenvalue weighted by molar-refractivity contribution is -0.137. The van der Waals surface area contributed by atoms with Crippen molar-refractivity contribution in [2.45, 2.75) is 42.8 Å². The number of alkyl halides is 3. The van der Waals surface area contributed by atoms with Gasteiger partial charge in [0.2, 0.25) is 5.91 Å². The Balaban J connectivity index is 1.42. The Morgan fingerprint density at radius 2 is 1.85 bits per heavy atom. The van der Waals surface area contributed by atoms with Crippen LogP contribution < -0.4 is 10.2 Å². The summed E-state index contributed by atoms with van der Waals surface area (Å²) in [5.74, 6) is -0.0679. The fourth-order valence-corrected chi connectivity index (χ4v) is 5.75. The molecule has 1 saturated heterocycles. The van der Waals surface area contributed by atoms with Crippen molar-refractivity contribution in [1.29, 1.82) is 5.26 Å². The molecule has 2 aliphatic rings. The molecule has 0 spiro atoms. The lowest BCUT2D eigenvalue weighted by Crippen LogP contribution is -2.54. The first-order chi connectivity index (χ1) is 19.0. The number of nitriles is 1. The zero-order valence-corrected chi connectivity index (χ0v) is 22.9. The second-order valence-electron chi connectivity index (χ2n) is 11.1. The summed E-state index contributed by atoms with van der Waals surface area (Å²) in [6.07, 6.45) is 2.12. The van der Waals surface area contributed by atoms with Gasteiger partial charge in [-0.2, -0.15) is 18.4 Å².